The third kappa shape index (κ3) is 3.75. The number of aryl methyl sites for hydroxylation is 1. The van der Waals surface area contributed by atoms with Crippen molar-refractivity contribution in [1.82, 2.24) is 4.31 Å². The second kappa shape index (κ2) is 5.56. The van der Waals surface area contributed by atoms with Crippen LogP contribution in [0.2, 0.25) is 0 Å². The highest BCUT2D eigenvalue weighted by Crippen LogP contribution is 2.22. The van der Waals surface area contributed by atoms with Gasteiger partial charge in [0, 0.05) is 13.6 Å². The molecule has 1 rings (SSSR count). The Bertz CT molecular complexity index is 556. The van der Waals surface area contributed by atoms with Gasteiger partial charge in [0.1, 0.15) is 5.82 Å². The summed E-state index contributed by atoms with van der Waals surface area (Å²) in [7, 11) is -2.11. The van der Waals surface area contributed by atoms with Crippen LogP contribution in [-0.2, 0) is 10.0 Å². The summed E-state index contributed by atoms with van der Waals surface area (Å²) >= 11 is 0. The standard InChI is InChI=1S/C13H21FN2O2S/c1-10-7-11(5-6-12(10)14)19(17,18)16(4)9-13(2,3)8-15/h5-7H,8-9,15H2,1-4H3. The maximum atomic E-state index is 13.2. The molecule has 0 fully saturated rings. The highest BCUT2D eigenvalue weighted by molar-refractivity contribution is 7.89. The van der Waals surface area contributed by atoms with E-state index in [1.54, 1.807) is 0 Å². The average Bonchev–Trinajstić information content (AvgIpc) is 2.32. The lowest BCUT2D eigenvalue weighted by Crippen LogP contribution is -2.39. The number of benzene rings is 1. The van der Waals surface area contributed by atoms with Crippen molar-refractivity contribution in [2.75, 3.05) is 20.1 Å². The second-order valence-electron chi connectivity index (χ2n) is 5.54. The first-order chi connectivity index (χ1) is 8.60. The molecule has 0 radical (unpaired) electrons. The summed E-state index contributed by atoms with van der Waals surface area (Å²) in [6.45, 7) is 6.03. The number of rotatable bonds is 5. The third-order valence-corrected chi connectivity index (χ3v) is 4.84. The van der Waals surface area contributed by atoms with Crippen molar-refractivity contribution in [3.8, 4) is 0 Å². The van der Waals surface area contributed by atoms with Gasteiger partial charge in [-0.15, -0.1) is 0 Å². The molecule has 0 aliphatic carbocycles. The van der Waals surface area contributed by atoms with Gasteiger partial charge in [-0.05, 0) is 42.6 Å². The third-order valence-electron chi connectivity index (χ3n) is 3.04. The molecule has 0 atom stereocenters. The first kappa shape index (κ1) is 16.1. The molecular weight excluding hydrogens is 267 g/mol. The molecule has 0 unspecified atom stereocenters. The normalized spacial score (nSPS) is 13.0. The molecule has 6 heteroatoms. The van der Waals surface area contributed by atoms with Crippen molar-refractivity contribution in [1.29, 1.82) is 0 Å². The zero-order chi connectivity index (χ0) is 14.8. The van der Waals surface area contributed by atoms with Gasteiger partial charge >= 0.3 is 0 Å². The number of hydrogen-bond acceptors (Lipinski definition) is 3. The molecule has 1 aromatic carbocycles. The minimum Gasteiger partial charge on any atom is -0.330 e. The lowest BCUT2D eigenvalue weighted by atomic mass is 9.94. The minimum atomic E-state index is -3.61. The van der Waals surface area contributed by atoms with Crippen molar-refractivity contribution in [2.24, 2.45) is 11.1 Å². The Morgan fingerprint density at radius 1 is 1.37 bits per heavy atom. The topological polar surface area (TPSA) is 63.4 Å². The van der Waals surface area contributed by atoms with Crippen LogP contribution in [-0.4, -0.2) is 32.9 Å². The van der Waals surface area contributed by atoms with Crippen LogP contribution in [0.25, 0.3) is 0 Å². The van der Waals surface area contributed by atoms with Gasteiger partial charge in [-0.1, -0.05) is 13.8 Å². The summed E-state index contributed by atoms with van der Waals surface area (Å²) < 4.78 is 39.1. The molecule has 19 heavy (non-hydrogen) atoms. The molecule has 0 aliphatic heterocycles. The van der Waals surface area contributed by atoms with Crippen LogP contribution in [0.3, 0.4) is 0 Å². The maximum Gasteiger partial charge on any atom is 0.242 e. The molecular formula is C13H21FN2O2S. The van der Waals surface area contributed by atoms with E-state index >= 15 is 0 Å². The Morgan fingerprint density at radius 2 is 1.95 bits per heavy atom. The van der Waals surface area contributed by atoms with Gasteiger partial charge < -0.3 is 5.73 Å². The van der Waals surface area contributed by atoms with Crippen LogP contribution in [0.5, 0.6) is 0 Å². The van der Waals surface area contributed by atoms with Crippen molar-refractivity contribution >= 4 is 10.0 Å². The Kier molecular flexibility index (Phi) is 4.71. The molecule has 0 amide bonds. The fourth-order valence-corrected chi connectivity index (χ4v) is 3.15. The van der Waals surface area contributed by atoms with E-state index in [1.807, 2.05) is 13.8 Å². The molecule has 0 aliphatic rings. The lowest BCUT2D eigenvalue weighted by molar-refractivity contribution is 0.292. The van der Waals surface area contributed by atoms with E-state index in [9.17, 15) is 12.8 Å². The van der Waals surface area contributed by atoms with Crippen LogP contribution >= 0.6 is 0 Å². The minimum absolute atomic E-state index is 0.0988. The van der Waals surface area contributed by atoms with Crippen molar-refractivity contribution in [2.45, 2.75) is 25.7 Å². The Morgan fingerprint density at radius 3 is 2.42 bits per heavy atom. The Balaban J connectivity index is 3.06. The van der Waals surface area contributed by atoms with Gasteiger partial charge in [-0.2, -0.15) is 0 Å². The monoisotopic (exact) mass is 288 g/mol. The van der Waals surface area contributed by atoms with Gasteiger partial charge in [0.2, 0.25) is 10.0 Å². The Hall–Kier alpha value is -0.980. The SMILES string of the molecule is Cc1cc(S(=O)(=O)N(C)CC(C)(C)CN)ccc1F. The molecule has 0 aromatic heterocycles. The second-order valence-corrected chi connectivity index (χ2v) is 7.59. The van der Waals surface area contributed by atoms with Crippen LogP contribution < -0.4 is 5.73 Å². The summed E-state index contributed by atoms with van der Waals surface area (Å²) in [6, 6.07) is 3.80. The van der Waals surface area contributed by atoms with E-state index in [-0.39, 0.29) is 10.3 Å². The molecule has 0 bridgehead atoms. The highest BCUT2D eigenvalue weighted by atomic mass is 32.2. The van der Waals surface area contributed by atoms with Gasteiger partial charge in [0.15, 0.2) is 0 Å². The zero-order valence-electron chi connectivity index (χ0n) is 11.8. The first-order valence-corrected chi connectivity index (χ1v) is 7.47. The van der Waals surface area contributed by atoms with Crippen molar-refractivity contribution in [3.63, 3.8) is 0 Å². The van der Waals surface area contributed by atoms with E-state index in [4.69, 9.17) is 5.73 Å². The fraction of sp³-hybridized carbons (Fsp3) is 0.538. The number of halogens is 1. The lowest BCUT2D eigenvalue weighted by Gasteiger charge is -2.28. The van der Waals surface area contributed by atoms with E-state index < -0.39 is 15.8 Å². The predicted octanol–water partition coefficient (Wildman–Crippen LogP) is 1.74. The molecule has 0 spiro atoms. The molecule has 108 valence electrons. The number of sulfonamides is 1. The maximum absolute atomic E-state index is 13.2. The van der Waals surface area contributed by atoms with Gasteiger partial charge in [-0.25, -0.2) is 17.1 Å². The van der Waals surface area contributed by atoms with Gasteiger partial charge in [-0.3, -0.25) is 0 Å². The molecule has 1 aromatic rings. The highest BCUT2D eigenvalue weighted by Gasteiger charge is 2.27. The molecule has 2 N–H and O–H groups in total. The van der Waals surface area contributed by atoms with Crippen LogP contribution in [0.1, 0.15) is 19.4 Å². The summed E-state index contributed by atoms with van der Waals surface area (Å²) in [5.41, 5.74) is 5.61. The van der Waals surface area contributed by atoms with E-state index in [2.05, 4.69) is 0 Å². The smallest absolute Gasteiger partial charge is 0.242 e. The number of nitrogens with zero attached hydrogens (tertiary/aromatic N) is 1. The predicted molar refractivity (Wildman–Crippen MR) is 73.8 cm³/mol. The molecule has 4 nitrogen and oxygen atoms in total. The van der Waals surface area contributed by atoms with Crippen molar-refractivity contribution in [3.05, 3.63) is 29.6 Å². The van der Waals surface area contributed by atoms with Gasteiger partial charge in [0.05, 0.1) is 4.90 Å². The summed E-state index contributed by atoms with van der Waals surface area (Å²) in [5.74, 6) is -0.413. The number of nitrogens with two attached hydrogens (primary N) is 1. The van der Waals surface area contributed by atoms with E-state index in [1.165, 1.54) is 36.5 Å². The Labute approximate surface area is 114 Å². The molecule has 0 saturated carbocycles. The van der Waals surface area contributed by atoms with Crippen molar-refractivity contribution < 1.29 is 12.8 Å². The summed E-state index contributed by atoms with van der Waals surface area (Å²) in [4.78, 5) is 0.0988. The van der Waals surface area contributed by atoms with Crippen LogP contribution in [0, 0.1) is 18.2 Å². The quantitative estimate of drug-likeness (QED) is 0.897. The van der Waals surface area contributed by atoms with E-state index in [0.717, 1.165) is 0 Å². The molecule has 0 heterocycles. The van der Waals surface area contributed by atoms with Gasteiger partial charge in [0.25, 0.3) is 0 Å². The number of hydrogen-bond donors (Lipinski definition) is 1. The summed E-state index contributed by atoms with van der Waals surface area (Å²) in [5, 5.41) is 0. The fourth-order valence-electron chi connectivity index (χ4n) is 1.71. The molecule has 0 saturated heterocycles. The largest absolute Gasteiger partial charge is 0.330 e. The van der Waals surface area contributed by atoms with E-state index in [0.29, 0.717) is 18.7 Å². The van der Waals surface area contributed by atoms with Crippen LogP contribution in [0.4, 0.5) is 4.39 Å². The van der Waals surface area contributed by atoms with Crippen LogP contribution in [0.15, 0.2) is 23.1 Å². The first-order valence-electron chi connectivity index (χ1n) is 6.03. The zero-order valence-corrected chi connectivity index (χ0v) is 12.6. The average molecular weight is 288 g/mol. The summed E-state index contributed by atoms with van der Waals surface area (Å²) in [6.07, 6.45) is 0.